The van der Waals surface area contributed by atoms with Gasteiger partial charge in [0.2, 0.25) is 0 Å². The number of nitrogens with zero attached hydrogens (tertiary/aromatic N) is 1. The Kier molecular flexibility index (Phi) is 3.67. The van der Waals surface area contributed by atoms with Gasteiger partial charge in [-0.3, -0.25) is 10.4 Å². The molecule has 92 valence electrons. The fourth-order valence-corrected chi connectivity index (χ4v) is 2.49. The molecular weight excluding hydrogens is 242 g/mol. The minimum absolute atomic E-state index is 0.00179. The first-order chi connectivity index (χ1) is 8.56. The fourth-order valence-electron chi connectivity index (χ4n) is 1.64. The molecule has 4 heteroatoms. The third kappa shape index (κ3) is 2.90. The largest absolute Gasteiger partial charge is 0.382 e. The van der Waals surface area contributed by atoms with E-state index in [0.29, 0.717) is 5.69 Å². The molecule has 0 atom stereocenters. The molecule has 2 rings (SSSR count). The molecule has 0 amide bonds. The third-order valence-electron chi connectivity index (χ3n) is 2.57. The lowest BCUT2D eigenvalue weighted by Crippen LogP contribution is -2.12. The van der Waals surface area contributed by atoms with Crippen molar-refractivity contribution in [2.75, 3.05) is 0 Å². The van der Waals surface area contributed by atoms with Crippen LogP contribution in [0.5, 0.6) is 0 Å². The van der Waals surface area contributed by atoms with Gasteiger partial charge in [0.1, 0.15) is 11.5 Å². The standard InChI is InChI=1S/C14H15N3S/c1-9-3-6-13(10(2)7-9)18-11-4-5-12(14(15)16)17-8-11/h3-8H,1-2H3,(H3,15,16). The van der Waals surface area contributed by atoms with Gasteiger partial charge in [-0.2, -0.15) is 0 Å². The van der Waals surface area contributed by atoms with Crippen LogP contribution < -0.4 is 5.73 Å². The van der Waals surface area contributed by atoms with Crippen molar-refractivity contribution in [3.05, 3.63) is 53.3 Å². The van der Waals surface area contributed by atoms with Gasteiger partial charge in [0.25, 0.3) is 0 Å². The summed E-state index contributed by atoms with van der Waals surface area (Å²) in [6.07, 6.45) is 1.75. The Hall–Kier alpha value is -1.81. The number of rotatable bonds is 3. The van der Waals surface area contributed by atoms with E-state index in [0.717, 1.165) is 4.90 Å². The predicted octanol–water partition coefficient (Wildman–Crippen LogP) is 3.13. The highest BCUT2D eigenvalue weighted by Gasteiger charge is 2.03. The van der Waals surface area contributed by atoms with Gasteiger partial charge in [0.05, 0.1) is 0 Å². The van der Waals surface area contributed by atoms with Crippen molar-refractivity contribution in [1.82, 2.24) is 4.98 Å². The number of aryl methyl sites for hydroxylation is 2. The van der Waals surface area contributed by atoms with E-state index in [9.17, 15) is 0 Å². The second-order valence-electron chi connectivity index (χ2n) is 4.16. The lowest BCUT2D eigenvalue weighted by Gasteiger charge is -2.06. The average Bonchev–Trinajstić information content (AvgIpc) is 2.33. The van der Waals surface area contributed by atoms with Crippen LogP contribution in [0.4, 0.5) is 0 Å². The molecule has 18 heavy (non-hydrogen) atoms. The quantitative estimate of drug-likeness (QED) is 0.656. The van der Waals surface area contributed by atoms with Crippen molar-refractivity contribution in [2.24, 2.45) is 5.73 Å². The smallest absolute Gasteiger partial charge is 0.141 e. The van der Waals surface area contributed by atoms with E-state index in [1.165, 1.54) is 16.0 Å². The first-order valence-electron chi connectivity index (χ1n) is 5.62. The molecule has 0 spiro atoms. The minimum Gasteiger partial charge on any atom is -0.382 e. The van der Waals surface area contributed by atoms with E-state index in [1.807, 2.05) is 6.07 Å². The number of hydrogen-bond donors (Lipinski definition) is 2. The number of hydrogen-bond acceptors (Lipinski definition) is 3. The number of amidine groups is 1. The molecule has 0 bridgehead atoms. The molecule has 0 aliphatic rings. The summed E-state index contributed by atoms with van der Waals surface area (Å²) >= 11 is 1.67. The molecule has 0 aliphatic carbocycles. The van der Waals surface area contributed by atoms with Gasteiger partial charge < -0.3 is 5.73 Å². The van der Waals surface area contributed by atoms with Crippen LogP contribution >= 0.6 is 11.8 Å². The second kappa shape index (κ2) is 5.23. The summed E-state index contributed by atoms with van der Waals surface area (Å²) in [4.78, 5) is 6.42. The van der Waals surface area contributed by atoms with Crippen molar-refractivity contribution >= 4 is 17.6 Å². The monoisotopic (exact) mass is 257 g/mol. The molecule has 1 aromatic heterocycles. The molecular formula is C14H15N3S. The maximum absolute atomic E-state index is 7.29. The summed E-state index contributed by atoms with van der Waals surface area (Å²) in [6.45, 7) is 4.19. The molecule has 0 saturated carbocycles. The van der Waals surface area contributed by atoms with Crippen LogP contribution in [-0.4, -0.2) is 10.8 Å². The highest BCUT2D eigenvalue weighted by Crippen LogP contribution is 2.30. The van der Waals surface area contributed by atoms with Crippen LogP contribution in [0.3, 0.4) is 0 Å². The molecule has 0 saturated heterocycles. The van der Waals surface area contributed by atoms with Gasteiger partial charge >= 0.3 is 0 Å². The maximum Gasteiger partial charge on any atom is 0.141 e. The Morgan fingerprint density at radius 2 is 2.00 bits per heavy atom. The van der Waals surface area contributed by atoms with Crippen LogP contribution in [0, 0.1) is 19.3 Å². The number of benzene rings is 1. The SMILES string of the molecule is Cc1ccc(Sc2ccc(C(=N)N)nc2)c(C)c1. The molecule has 0 unspecified atom stereocenters. The van der Waals surface area contributed by atoms with Crippen molar-refractivity contribution < 1.29 is 0 Å². The van der Waals surface area contributed by atoms with Crippen LogP contribution in [0.25, 0.3) is 0 Å². The Morgan fingerprint density at radius 3 is 2.56 bits per heavy atom. The third-order valence-corrected chi connectivity index (χ3v) is 3.73. The Labute approximate surface area is 111 Å². The fraction of sp³-hybridized carbons (Fsp3) is 0.143. The number of aromatic nitrogens is 1. The van der Waals surface area contributed by atoms with Crippen LogP contribution in [0.2, 0.25) is 0 Å². The zero-order valence-electron chi connectivity index (χ0n) is 10.4. The molecule has 0 aliphatic heterocycles. The number of nitrogen functional groups attached to an aromatic ring is 1. The second-order valence-corrected chi connectivity index (χ2v) is 5.28. The van der Waals surface area contributed by atoms with Crippen molar-refractivity contribution in [3.63, 3.8) is 0 Å². The summed E-state index contributed by atoms with van der Waals surface area (Å²) in [5, 5.41) is 7.29. The Bertz CT molecular complexity index is 576. The molecule has 3 nitrogen and oxygen atoms in total. The Balaban J connectivity index is 2.21. The maximum atomic E-state index is 7.29. The molecule has 3 N–H and O–H groups in total. The van der Waals surface area contributed by atoms with Crippen molar-refractivity contribution in [3.8, 4) is 0 Å². The van der Waals surface area contributed by atoms with E-state index in [4.69, 9.17) is 11.1 Å². The van der Waals surface area contributed by atoms with Gasteiger partial charge in [-0.1, -0.05) is 29.5 Å². The van der Waals surface area contributed by atoms with Crippen LogP contribution in [-0.2, 0) is 0 Å². The molecule has 0 fully saturated rings. The van der Waals surface area contributed by atoms with E-state index in [-0.39, 0.29) is 5.84 Å². The lowest BCUT2D eigenvalue weighted by atomic mass is 10.2. The van der Waals surface area contributed by atoms with E-state index >= 15 is 0 Å². The zero-order valence-corrected chi connectivity index (χ0v) is 11.2. The Morgan fingerprint density at radius 1 is 1.22 bits per heavy atom. The average molecular weight is 257 g/mol. The number of pyridine rings is 1. The van der Waals surface area contributed by atoms with Gasteiger partial charge in [0, 0.05) is 16.0 Å². The first kappa shape index (κ1) is 12.6. The van der Waals surface area contributed by atoms with E-state index < -0.39 is 0 Å². The molecule has 2 aromatic rings. The summed E-state index contributed by atoms with van der Waals surface area (Å²) in [5.41, 5.74) is 8.41. The van der Waals surface area contributed by atoms with E-state index in [1.54, 1.807) is 24.0 Å². The normalized spacial score (nSPS) is 10.3. The lowest BCUT2D eigenvalue weighted by molar-refractivity contribution is 1.19. The molecule has 0 radical (unpaired) electrons. The summed E-state index contributed by atoms with van der Waals surface area (Å²) in [5.74, 6) is -0.00179. The predicted molar refractivity (Wildman–Crippen MR) is 75.3 cm³/mol. The highest BCUT2D eigenvalue weighted by molar-refractivity contribution is 7.99. The highest BCUT2D eigenvalue weighted by atomic mass is 32.2. The topological polar surface area (TPSA) is 62.8 Å². The van der Waals surface area contributed by atoms with Gasteiger partial charge in [-0.05, 0) is 37.6 Å². The molecule has 1 aromatic carbocycles. The number of nitrogens with two attached hydrogens (primary N) is 1. The van der Waals surface area contributed by atoms with Gasteiger partial charge in [-0.15, -0.1) is 0 Å². The molecule has 1 heterocycles. The summed E-state index contributed by atoms with van der Waals surface area (Å²) < 4.78 is 0. The first-order valence-corrected chi connectivity index (χ1v) is 6.43. The van der Waals surface area contributed by atoms with Crippen LogP contribution in [0.15, 0.2) is 46.3 Å². The van der Waals surface area contributed by atoms with Crippen molar-refractivity contribution in [2.45, 2.75) is 23.6 Å². The van der Waals surface area contributed by atoms with E-state index in [2.05, 4.69) is 37.0 Å². The summed E-state index contributed by atoms with van der Waals surface area (Å²) in [6, 6.07) is 10.1. The summed E-state index contributed by atoms with van der Waals surface area (Å²) in [7, 11) is 0. The van der Waals surface area contributed by atoms with Gasteiger partial charge in [0.15, 0.2) is 0 Å². The van der Waals surface area contributed by atoms with Crippen LogP contribution in [0.1, 0.15) is 16.8 Å². The minimum atomic E-state index is -0.00179. The number of nitrogens with one attached hydrogen (secondary N) is 1. The van der Waals surface area contributed by atoms with Gasteiger partial charge in [-0.25, -0.2) is 0 Å². The van der Waals surface area contributed by atoms with Crippen molar-refractivity contribution in [1.29, 1.82) is 5.41 Å². The zero-order chi connectivity index (χ0) is 13.1.